The van der Waals surface area contributed by atoms with Crippen molar-refractivity contribution in [3.63, 3.8) is 0 Å². The van der Waals surface area contributed by atoms with Crippen molar-refractivity contribution in [3.05, 3.63) is 16.7 Å². The Morgan fingerprint density at radius 2 is 2.45 bits per heavy atom. The van der Waals surface area contributed by atoms with Crippen LogP contribution in [0, 0.1) is 0 Å². The SMILES string of the molecule is O=C(Cl)Cn1cc(O)[nH]c1=O. The standard InChI is InChI=1S/C5H5ClN2O3/c6-3(9)1-8-2-4(10)7-5(8)11/h2,10H,1H2,(H,7,11). The van der Waals surface area contributed by atoms with E-state index in [4.69, 9.17) is 16.7 Å². The van der Waals surface area contributed by atoms with Gasteiger partial charge in [0.15, 0.2) is 0 Å². The van der Waals surface area contributed by atoms with Gasteiger partial charge in [0.2, 0.25) is 11.1 Å². The van der Waals surface area contributed by atoms with Gasteiger partial charge >= 0.3 is 5.69 Å². The number of aromatic hydroxyl groups is 1. The first kappa shape index (κ1) is 7.87. The normalized spacial score (nSPS) is 9.91. The summed E-state index contributed by atoms with van der Waals surface area (Å²) in [4.78, 5) is 23.1. The monoisotopic (exact) mass is 176 g/mol. The lowest BCUT2D eigenvalue weighted by atomic mass is 10.7. The first-order valence-electron chi connectivity index (χ1n) is 2.76. The van der Waals surface area contributed by atoms with Gasteiger partial charge in [-0.05, 0) is 11.6 Å². The molecule has 0 unspecified atom stereocenters. The molecule has 0 atom stereocenters. The van der Waals surface area contributed by atoms with Crippen LogP contribution in [0.1, 0.15) is 0 Å². The number of rotatable bonds is 2. The molecule has 1 heterocycles. The number of nitrogens with zero attached hydrogens (tertiary/aromatic N) is 1. The second-order valence-electron chi connectivity index (χ2n) is 1.93. The molecule has 6 heteroatoms. The molecule has 0 bridgehead atoms. The van der Waals surface area contributed by atoms with Crippen molar-refractivity contribution in [1.29, 1.82) is 0 Å². The summed E-state index contributed by atoms with van der Waals surface area (Å²) in [5.74, 6) is -0.284. The number of halogens is 1. The van der Waals surface area contributed by atoms with Crippen molar-refractivity contribution in [2.45, 2.75) is 6.54 Å². The van der Waals surface area contributed by atoms with Crippen LogP contribution in [0.2, 0.25) is 0 Å². The van der Waals surface area contributed by atoms with Gasteiger partial charge in [0, 0.05) is 0 Å². The smallest absolute Gasteiger partial charge is 0.328 e. The van der Waals surface area contributed by atoms with E-state index in [0.29, 0.717) is 0 Å². The van der Waals surface area contributed by atoms with Gasteiger partial charge in [0.25, 0.3) is 0 Å². The Morgan fingerprint density at radius 1 is 1.82 bits per heavy atom. The molecule has 0 amide bonds. The summed E-state index contributed by atoms with van der Waals surface area (Å²) in [5, 5.41) is 8.05. The Labute approximate surface area is 66.2 Å². The number of carbonyl (C=O) groups excluding carboxylic acids is 1. The summed E-state index contributed by atoms with van der Waals surface area (Å²) in [7, 11) is 0. The summed E-state index contributed by atoms with van der Waals surface area (Å²) in [5.41, 5.74) is -0.559. The molecule has 0 spiro atoms. The van der Waals surface area contributed by atoms with Crippen LogP contribution in [0.3, 0.4) is 0 Å². The van der Waals surface area contributed by atoms with Gasteiger partial charge in [-0.2, -0.15) is 0 Å². The fourth-order valence-electron chi connectivity index (χ4n) is 0.671. The zero-order valence-electron chi connectivity index (χ0n) is 5.37. The Kier molecular flexibility index (Phi) is 2.00. The van der Waals surface area contributed by atoms with Gasteiger partial charge in [-0.3, -0.25) is 14.3 Å². The highest BCUT2D eigenvalue weighted by atomic mass is 35.5. The molecule has 0 aromatic carbocycles. The molecule has 11 heavy (non-hydrogen) atoms. The van der Waals surface area contributed by atoms with E-state index in [-0.39, 0.29) is 12.4 Å². The van der Waals surface area contributed by atoms with Crippen molar-refractivity contribution >= 4 is 16.8 Å². The van der Waals surface area contributed by atoms with Crippen LogP contribution in [0.15, 0.2) is 11.0 Å². The van der Waals surface area contributed by atoms with E-state index in [1.165, 1.54) is 0 Å². The molecule has 1 aromatic heterocycles. The molecule has 0 radical (unpaired) electrons. The Morgan fingerprint density at radius 3 is 2.82 bits per heavy atom. The van der Waals surface area contributed by atoms with E-state index in [1.807, 2.05) is 0 Å². The van der Waals surface area contributed by atoms with E-state index in [2.05, 4.69) is 4.98 Å². The Balaban J connectivity index is 2.95. The zero-order chi connectivity index (χ0) is 8.43. The minimum Gasteiger partial charge on any atom is -0.493 e. The quantitative estimate of drug-likeness (QED) is 0.605. The molecule has 0 aliphatic rings. The van der Waals surface area contributed by atoms with Gasteiger partial charge in [-0.25, -0.2) is 4.79 Å². The van der Waals surface area contributed by atoms with Crippen LogP contribution in [0.25, 0.3) is 0 Å². The maximum Gasteiger partial charge on any atom is 0.328 e. The Bertz CT molecular complexity index is 327. The number of nitrogens with one attached hydrogen (secondary N) is 1. The predicted octanol–water partition coefficient (Wildman–Crippen LogP) is -0.353. The number of carbonyl (C=O) groups is 1. The lowest BCUT2D eigenvalue weighted by molar-refractivity contribution is -0.112. The maximum atomic E-state index is 10.7. The topological polar surface area (TPSA) is 75.1 Å². The third-order valence-corrected chi connectivity index (χ3v) is 1.19. The fourth-order valence-corrected chi connectivity index (χ4v) is 0.800. The van der Waals surface area contributed by atoms with E-state index < -0.39 is 10.9 Å². The molecule has 60 valence electrons. The molecular formula is C5H5ClN2O3. The Hall–Kier alpha value is -1.23. The number of imidazole rings is 1. The summed E-state index contributed by atoms with van der Waals surface area (Å²) < 4.78 is 0.977. The molecule has 0 fully saturated rings. The van der Waals surface area contributed by atoms with Crippen LogP contribution in [-0.2, 0) is 11.3 Å². The summed E-state index contributed by atoms with van der Waals surface area (Å²) >= 11 is 5.00. The fraction of sp³-hybridized carbons (Fsp3) is 0.200. The molecule has 1 aromatic rings. The maximum absolute atomic E-state index is 10.7. The highest BCUT2D eigenvalue weighted by molar-refractivity contribution is 6.63. The third kappa shape index (κ3) is 1.84. The van der Waals surface area contributed by atoms with Crippen LogP contribution in [0.4, 0.5) is 0 Å². The highest BCUT2D eigenvalue weighted by Crippen LogP contribution is 1.97. The summed E-state index contributed by atoms with van der Waals surface area (Å²) in [6.45, 7) is -0.239. The van der Waals surface area contributed by atoms with Gasteiger partial charge in [0.1, 0.15) is 6.54 Å². The molecule has 1 rings (SSSR count). The minimum absolute atomic E-state index is 0.239. The van der Waals surface area contributed by atoms with E-state index >= 15 is 0 Å². The van der Waals surface area contributed by atoms with Crippen molar-refractivity contribution in [1.82, 2.24) is 9.55 Å². The molecule has 0 saturated heterocycles. The van der Waals surface area contributed by atoms with E-state index in [9.17, 15) is 9.59 Å². The van der Waals surface area contributed by atoms with Gasteiger partial charge in [-0.15, -0.1) is 0 Å². The van der Waals surface area contributed by atoms with E-state index in [1.54, 1.807) is 0 Å². The number of aromatic amines is 1. The number of hydrogen-bond acceptors (Lipinski definition) is 3. The van der Waals surface area contributed by atoms with Crippen molar-refractivity contribution in [3.8, 4) is 5.88 Å². The minimum atomic E-state index is -0.661. The van der Waals surface area contributed by atoms with Crippen LogP contribution in [0.5, 0.6) is 5.88 Å². The van der Waals surface area contributed by atoms with Crippen molar-refractivity contribution in [2.75, 3.05) is 0 Å². The lowest BCUT2D eigenvalue weighted by Gasteiger charge is -1.90. The van der Waals surface area contributed by atoms with Crippen LogP contribution >= 0.6 is 11.6 Å². The molecular weight excluding hydrogens is 172 g/mol. The lowest BCUT2D eigenvalue weighted by Crippen LogP contribution is -2.18. The van der Waals surface area contributed by atoms with Gasteiger partial charge in [-0.1, -0.05) is 0 Å². The average Bonchev–Trinajstić information content (AvgIpc) is 2.09. The molecule has 0 saturated carbocycles. The van der Waals surface area contributed by atoms with E-state index in [0.717, 1.165) is 10.8 Å². The largest absolute Gasteiger partial charge is 0.493 e. The van der Waals surface area contributed by atoms with Crippen LogP contribution < -0.4 is 5.69 Å². The zero-order valence-corrected chi connectivity index (χ0v) is 6.13. The van der Waals surface area contributed by atoms with Gasteiger partial charge < -0.3 is 5.11 Å². The van der Waals surface area contributed by atoms with Crippen molar-refractivity contribution < 1.29 is 9.90 Å². The van der Waals surface area contributed by atoms with Gasteiger partial charge in [0.05, 0.1) is 6.20 Å². The van der Waals surface area contributed by atoms with Crippen LogP contribution in [-0.4, -0.2) is 19.9 Å². The summed E-state index contributed by atoms with van der Waals surface area (Å²) in [6.07, 6.45) is 1.10. The second-order valence-corrected chi connectivity index (χ2v) is 2.35. The summed E-state index contributed by atoms with van der Waals surface area (Å²) in [6, 6.07) is 0. The number of H-pyrrole nitrogens is 1. The first-order valence-corrected chi connectivity index (χ1v) is 3.14. The number of aromatic nitrogens is 2. The highest BCUT2D eigenvalue weighted by Gasteiger charge is 2.03. The molecule has 5 nitrogen and oxygen atoms in total. The molecule has 0 aliphatic heterocycles. The molecule has 2 N–H and O–H groups in total. The number of hydrogen-bond donors (Lipinski definition) is 2. The van der Waals surface area contributed by atoms with Crippen molar-refractivity contribution in [2.24, 2.45) is 0 Å². The average molecular weight is 177 g/mol. The second kappa shape index (κ2) is 2.79. The third-order valence-electron chi connectivity index (χ3n) is 1.07. The molecule has 0 aliphatic carbocycles. The predicted molar refractivity (Wildman–Crippen MR) is 37.6 cm³/mol. The first-order chi connectivity index (χ1) is 5.09.